The molecule has 1 heterocycles. The lowest BCUT2D eigenvalue weighted by Gasteiger charge is -2.32. The van der Waals surface area contributed by atoms with Gasteiger partial charge in [-0.25, -0.2) is 4.99 Å². The predicted octanol–water partition coefficient (Wildman–Crippen LogP) is -0.669. The van der Waals surface area contributed by atoms with Crippen molar-refractivity contribution in [1.82, 2.24) is 0 Å². The molecule has 3 rings (SSSR count). The molecular weight excluding hydrogens is 378 g/mol. The topological polar surface area (TPSA) is 193 Å². The number of phenols is 3. The summed E-state index contributed by atoms with van der Waals surface area (Å²) in [5, 5.41) is 82.7. The highest BCUT2D eigenvalue weighted by atomic mass is 16.6. The minimum Gasteiger partial charge on any atom is -0.504 e. The largest absolute Gasteiger partial charge is 0.504 e. The van der Waals surface area contributed by atoms with Gasteiger partial charge in [0.05, 0.1) is 18.4 Å². The molecule has 0 radical (unpaired) electrons. The van der Waals surface area contributed by atoms with Crippen LogP contribution in [-0.4, -0.2) is 71.2 Å². The first kappa shape index (κ1) is 20.4. The van der Waals surface area contributed by atoms with Gasteiger partial charge in [0.25, 0.3) is 5.91 Å². The Hall–Kier alpha value is -2.31. The summed E-state index contributed by atoms with van der Waals surface area (Å²) in [5.74, 6) is -14.2. The molecule has 11 heteroatoms. The van der Waals surface area contributed by atoms with Gasteiger partial charge in [-0.05, 0) is 19.8 Å². The third-order valence-electron chi connectivity index (χ3n) is 5.20. The van der Waals surface area contributed by atoms with E-state index in [-0.39, 0.29) is 12.8 Å². The molecule has 1 fully saturated rings. The summed E-state index contributed by atoms with van der Waals surface area (Å²) in [7, 11) is 1.10. The number of nitrogens with zero attached hydrogens (tertiary/aromatic N) is 1. The van der Waals surface area contributed by atoms with Crippen molar-refractivity contribution in [2.75, 3.05) is 7.11 Å². The minimum absolute atomic E-state index is 0.214. The Bertz CT molecular complexity index is 826. The molecule has 1 aromatic rings. The third-order valence-corrected chi connectivity index (χ3v) is 5.20. The first-order chi connectivity index (χ1) is 12.9. The fourth-order valence-corrected chi connectivity index (χ4v) is 3.73. The van der Waals surface area contributed by atoms with E-state index in [1.54, 1.807) is 0 Å². The highest BCUT2D eigenvalue weighted by Gasteiger charge is 2.59. The average Bonchev–Trinajstić information content (AvgIpc) is 3.08. The third kappa shape index (κ3) is 2.91. The van der Waals surface area contributed by atoms with E-state index in [0.29, 0.717) is 12.8 Å². The first-order valence-electron chi connectivity index (χ1n) is 8.58. The van der Waals surface area contributed by atoms with Gasteiger partial charge in [-0.3, -0.25) is 0 Å². The summed E-state index contributed by atoms with van der Waals surface area (Å²) in [5.41, 5.74) is -1.36. The van der Waals surface area contributed by atoms with Crippen LogP contribution in [0.1, 0.15) is 44.1 Å². The van der Waals surface area contributed by atoms with Gasteiger partial charge in [-0.1, -0.05) is 0 Å². The summed E-state index contributed by atoms with van der Waals surface area (Å²) < 4.78 is 10.4. The van der Waals surface area contributed by atoms with E-state index in [9.17, 15) is 40.9 Å². The maximum Gasteiger partial charge on any atom is 0.277 e. The fourth-order valence-electron chi connectivity index (χ4n) is 3.73. The number of rotatable bonds is 4. The Morgan fingerprint density at radius 3 is 1.93 bits per heavy atom. The number of methoxy groups -OCH3 is 1. The molecule has 28 heavy (non-hydrogen) atoms. The molecule has 1 saturated carbocycles. The Morgan fingerprint density at radius 1 is 0.893 bits per heavy atom. The van der Waals surface area contributed by atoms with Crippen molar-refractivity contribution in [3.05, 3.63) is 5.56 Å². The van der Waals surface area contributed by atoms with Crippen LogP contribution in [0.2, 0.25) is 0 Å². The molecule has 1 unspecified atom stereocenters. The zero-order valence-electron chi connectivity index (χ0n) is 15.2. The van der Waals surface area contributed by atoms with Crippen LogP contribution in [0.25, 0.3) is 0 Å². The smallest absolute Gasteiger partial charge is 0.277 e. The van der Waals surface area contributed by atoms with Crippen LogP contribution in [0.15, 0.2) is 4.99 Å². The minimum atomic E-state index is -3.13. The Labute approximate surface area is 159 Å². The standard InChI is InChI=1S/C17H23NO10/c1-7-16(23,24)14(17(25,26)18-7)8-9(19)11(21)12(27-2)13(10(8)20)28-15(22)5-3-4-6-15/h14,19-26H,3-6H2,1-2H3. The zero-order valence-corrected chi connectivity index (χ0v) is 15.2. The number of aliphatic imine (C=N–C) groups is 1. The predicted molar refractivity (Wildman–Crippen MR) is 92.2 cm³/mol. The second-order valence-corrected chi connectivity index (χ2v) is 7.12. The van der Waals surface area contributed by atoms with Crippen LogP contribution in [0.4, 0.5) is 0 Å². The summed E-state index contributed by atoms with van der Waals surface area (Å²) in [6.07, 6.45) is 1.70. The second-order valence-electron chi connectivity index (χ2n) is 7.12. The van der Waals surface area contributed by atoms with E-state index in [1.807, 2.05) is 0 Å². The number of aliphatic hydroxyl groups is 5. The lowest BCUT2D eigenvalue weighted by Crippen LogP contribution is -2.46. The molecule has 1 aromatic carbocycles. The lowest BCUT2D eigenvalue weighted by atomic mass is 9.85. The number of hydrogen-bond donors (Lipinski definition) is 8. The maximum atomic E-state index is 10.7. The van der Waals surface area contributed by atoms with Crippen molar-refractivity contribution in [3.63, 3.8) is 0 Å². The van der Waals surface area contributed by atoms with Crippen molar-refractivity contribution in [2.45, 2.75) is 56.0 Å². The van der Waals surface area contributed by atoms with Gasteiger partial charge in [0.1, 0.15) is 5.92 Å². The van der Waals surface area contributed by atoms with Crippen LogP contribution in [0, 0.1) is 0 Å². The molecule has 0 bridgehead atoms. The highest BCUT2D eigenvalue weighted by Crippen LogP contribution is 2.59. The summed E-state index contributed by atoms with van der Waals surface area (Å²) in [6, 6.07) is 0. The van der Waals surface area contributed by atoms with Gasteiger partial charge in [0.15, 0.2) is 11.5 Å². The van der Waals surface area contributed by atoms with Gasteiger partial charge >= 0.3 is 0 Å². The van der Waals surface area contributed by atoms with Crippen molar-refractivity contribution in [3.8, 4) is 28.7 Å². The van der Waals surface area contributed by atoms with Gasteiger partial charge in [-0.2, -0.15) is 0 Å². The van der Waals surface area contributed by atoms with Crippen LogP contribution >= 0.6 is 0 Å². The van der Waals surface area contributed by atoms with Crippen molar-refractivity contribution in [1.29, 1.82) is 0 Å². The quantitative estimate of drug-likeness (QED) is 0.182. The van der Waals surface area contributed by atoms with E-state index in [1.165, 1.54) is 0 Å². The van der Waals surface area contributed by atoms with E-state index in [0.717, 1.165) is 14.0 Å². The molecule has 1 atom stereocenters. The molecule has 156 valence electrons. The molecule has 1 aliphatic heterocycles. The molecule has 0 spiro atoms. The molecule has 0 aromatic heterocycles. The van der Waals surface area contributed by atoms with E-state index in [4.69, 9.17) is 9.47 Å². The Morgan fingerprint density at radius 2 is 1.46 bits per heavy atom. The van der Waals surface area contributed by atoms with E-state index in [2.05, 4.69) is 4.99 Å². The number of phenolic OH excluding ortho intramolecular Hbond substituents is 3. The fraction of sp³-hybridized carbons (Fsp3) is 0.588. The van der Waals surface area contributed by atoms with E-state index >= 15 is 0 Å². The van der Waals surface area contributed by atoms with Crippen molar-refractivity contribution >= 4 is 5.71 Å². The number of hydrogen-bond acceptors (Lipinski definition) is 11. The monoisotopic (exact) mass is 401 g/mol. The Balaban J connectivity index is 2.23. The zero-order chi connectivity index (χ0) is 21.1. The second kappa shape index (κ2) is 6.36. The molecule has 0 saturated heterocycles. The van der Waals surface area contributed by atoms with Crippen molar-refractivity contribution < 1.29 is 50.3 Å². The summed E-state index contributed by atoms with van der Waals surface area (Å²) >= 11 is 0. The van der Waals surface area contributed by atoms with Crippen LogP contribution in [-0.2, 0) is 0 Å². The van der Waals surface area contributed by atoms with Crippen molar-refractivity contribution in [2.24, 2.45) is 4.99 Å². The molecule has 8 N–H and O–H groups in total. The number of aromatic hydroxyl groups is 3. The van der Waals surface area contributed by atoms with E-state index < -0.39 is 63.4 Å². The van der Waals surface area contributed by atoms with Crippen LogP contribution < -0.4 is 9.47 Å². The van der Waals surface area contributed by atoms with Gasteiger partial charge in [0, 0.05) is 12.8 Å². The Kier molecular flexibility index (Phi) is 4.64. The SMILES string of the molecule is COc1c(O)c(O)c(C2C(O)(O)N=C(C)C2(O)O)c(O)c1OC1(O)CCCC1. The summed E-state index contributed by atoms with van der Waals surface area (Å²) in [4.78, 5) is 3.33. The normalized spacial score (nSPS) is 24.8. The molecule has 11 nitrogen and oxygen atoms in total. The van der Waals surface area contributed by atoms with Gasteiger partial charge < -0.3 is 50.3 Å². The van der Waals surface area contributed by atoms with Crippen LogP contribution in [0.3, 0.4) is 0 Å². The van der Waals surface area contributed by atoms with Gasteiger partial charge in [0.2, 0.25) is 28.8 Å². The lowest BCUT2D eigenvalue weighted by molar-refractivity contribution is -0.225. The molecular formula is C17H23NO10. The number of ether oxygens (including phenoxy) is 2. The number of benzene rings is 1. The first-order valence-corrected chi connectivity index (χ1v) is 8.58. The summed E-state index contributed by atoms with van der Waals surface area (Å²) in [6.45, 7) is 1.09. The maximum absolute atomic E-state index is 10.7. The highest BCUT2D eigenvalue weighted by molar-refractivity contribution is 5.93. The van der Waals surface area contributed by atoms with Crippen LogP contribution in [0.5, 0.6) is 28.7 Å². The van der Waals surface area contributed by atoms with Gasteiger partial charge in [-0.15, -0.1) is 0 Å². The molecule has 1 aliphatic carbocycles. The molecule has 0 amide bonds. The average molecular weight is 401 g/mol. The molecule has 2 aliphatic rings.